The average molecular weight is 316 g/mol. The molecule has 4 heteroatoms. The van der Waals surface area contributed by atoms with Gasteiger partial charge in [0.1, 0.15) is 18.0 Å². The lowest BCUT2D eigenvalue weighted by Gasteiger charge is -2.24. The van der Waals surface area contributed by atoms with Crippen molar-refractivity contribution in [3.05, 3.63) is 72.1 Å². The van der Waals surface area contributed by atoms with E-state index < -0.39 is 0 Å². The van der Waals surface area contributed by atoms with Gasteiger partial charge in [-0.3, -0.25) is 0 Å². The molecule has 0 amide bonds. The number of para-hydroxylation sites is 1. The van der Waals surface area contributed by atoms with Crippen molar-refractivity contribution in [3.8, 4) is 0 Å². The molecule has 0 fully saturated rings. The predicted molar refractivity (Wildman–Crippen MR) is 98.2 cm³/mol. The summed E-state index contributed by atoms with van der Waals surface area (Å²) in [6.07, 6.45) is 2.67. The van der Waals surface area contributed by atoms with Gasteiger partial charge in [-0.2, -0.15) is 0 Å². The van der Waals surface area contributed by atoms with Crippen LogP contribution in [0.5, 0.6) is 0 Å². The van der Waals surface area contributed by atoms with Crippen LogP contribution in [0.3, 0.4) is 0 Å². The molecule has 24 heavy (non-hydrogen) atoms. The third-order valence-corrected chi connectivity index (χ3v) is 4.40. The Morgan fingerprint density at radius 1 is 1.04 bits per heavy atom. The van der Waals surface area contributed by atoms with E-state index in [4.69, 9.17) is 0 Å². The number of nitrogens with zero attached hydrogens (tertiary/aromatic N) is 3. The van der Waals surface area contributed by atoms with E-state index in [0.29, 0.717) is 6.04 Å². The fraction of sp³-hybridized carbons (Fsp3) is 0.200. The number of benzene rings is 2. The number of fused-ring (bicyclic) bond motifs is 1. The van der Waals surface area contributed by atoms with Gasteiger partial charge in [-0.05, 0) is 49.6 Å². The van der Waals surface area contributed by atoms with Gasteiger partial charge in [-0.25, -0.2) is 9.97 Å². The van der Waals surface area contributed by atoms with Gasteiger partial charge < -0.3 is 10.2 Å². The van der Waals surface area contributed by atoms with Crippen LogP contribution < -0.4 is 10.2 Å². The van der Waals surface area contributed by atoms with Crippen LogP contribution in [0, 0.1) is 6.92 Å². The minimum Gasteiger partial charge on any atom is -0.340 e. The smallest absolute Gasteiger partial charge is 0.138 e. The van der Waals surface area contributed by atoms with E-state index >= 15 is 0 Å². The van der Waals surface area contributed by atoms with Crippen LogP contribution in [-0.4, -0.2) is 16.0 Å². The van der Waals surface area contributed by atoms with Gasteiger partial charge >= 0.3 is 0 Å². The summed E-state index contributed by atoms with van der Waals surface area (Å²) in [6, 6.07) is 19.2. The second-order valence-electron chi connectivity index (χ2n) is 6.31. The van der Waals surface area contributed by atoms with Crippen molar-refractivity contribution in [3.63, 3.8) is 0 Å². The predicted octanol–water partition coefficient (Wildman–Crippen LogP) is 4.61. The maximum atomic E-state index is 4.50. The van der Waals surface area contributed by atoms with Crippen molar-refractivity contribution in [2.45, 2.75) is 26.3 Å². The molecule has 120 valence electrons. The van der Waals surface area contributed by atoms with Gasteiger partial charge in [0.25, 0.3) is 0 Å². The van der Waals surface area contributed by atoms with E-state index in [2.05, 4.69) is 70.4 Å². The quantitative estimate of drug-likeness (QED) is 0.766. The largest absolute Gasteiger partial charge is 0.340 e. The van der Waals surface area contributed by atoms with Crippen LogP contribution in [0.2, 0.25) is 0 Å². The van der Waals surface area contributed by atoms with Crippen LogP contribution in [0.4, 0.5) is 23.0 Å². The molecular weight excluding hydrogens is 296 g/mol. The Bertz CT molecular complexity index is 875. The highest BCUT2D eigenvalue weighted by Gasteiger charge is 2.27. The maximum Gasteiger partial charge on any atom is 0.138 e. The van der Waals surface area contributed by atoms with E-state index in [9.17, 15) is 0 Å². The summed E-state index contributed by atoms with van der Waals surface area (Å²) < 4.78 is 0. The second-order valence-corrected chi connectivity index (χ2v) is 6.31. The third-order valence-electron chi connectivity index (χ3n) is 4.40. The number of anilines is 4. The van der Waals surface area contributed by atoms with Gasteiger partial charge in [-0.15, -0.1) is 0 Å². The lowest BCUT2D eigenvalue weighted by atomic mass is 10.1. The number of hydrogen-bond acceptors (Lipinski definition) is 4. The molecule has 0 aliphatic carbocycles. The van der Waals surface area contributed by atoms with E-state index in [-0.39, 0.29) is 0 Å². The molecule has 0 saturated carbocycles. The molecule has 1 aliphatic rings. The first kappa shape index (κ1) is 14.7. The first-order chi connectivity index (χ1) is 11.7. The van der Waals surface area contributed by atoms with Crippen molar-refractivity contribution >= 4 is 23.0 Å². The summed E-state index contributed by atoms with van der Waals surface area (Å²) in [7, 11) is 0. The normalized spacial score (nSPS) is 16.1. The lowest BCUT2D eigenvalue weighted by Crippen LogP contribution is -2.24. The van der Waals surface area contributed by atoms with E-state index in [0.717, 1.165) is 23.7 Å². The van der Waals surface area contributed by atoms with Crippen molar-refractivity contribution in [1.29, 1.82) is 0 Å². The van der Waals surface area contributed by atoms with E-state index in [1.807, 2.05) is 18.2 Å². The fourth-order valence-electron chi connectivity index (χ4n) is 3.33. The first-order valence-corrected chi connectivity index (χ1v) is 8.23. The van der Waals surface area contributed by atoms with Gasteiger partial charge in [0.05, 0.1) is 0 Å². The molecular formula is C20H20N4. The standard InChI is InChI=1S/C20H20N4/c1-14-6-5-8-17(10-14)23-19-12-20(22-13-21-19)24-15(2)11-16-7-3-4-9-18(16)24/h3-10,12-13,15H,11H2,1-2H3,(H,21,22,23). The zero-order valence-corrected chi connectivity index (χ0v) is 13.9. The number of aromatic nitrogens is 2. The van der Waals surface area contributed by atoms with Crippen molar-refractivity contribution < 1.29 is 0 Å². The van der Waals surface area contributed by atoms with Crippen molar-refractivity contribution in [2.24, 2.45) is 0 Å². The molecule has 1 aliphatic heterocycles. The highest BCUT2D eigenvalue weighted by molar-refractivity contribution is 5.71. The monoisotopic (exact) mass is 316 g/mol. The number of nitrogens with one attached hydrogen (secondary N) is 1. The van der Waals surface area contributed by atoms with Crippen LogP contribution >= 0.6 is 0 Å². The van der Waals surface area contributed by atoms with E-state index in [1.165, 1.54) is 16.8 Å². The number of rotatable bonds is 3. The minimum absolute atomic E-state index is 0.393. The van der Waals surface area contributed by atoms with Gasteiger partial charge in [0.15, 0.2) is 0 Å². The Morgan fingerprint density at radius 2 is 1.92 bits per heavy atom. The molecule has 1 unspecified atom stereocenters. The highest BCUT2D eigenvalue weighted by atomic mass is 15.2. The molecule has 0 saturated heterocycles. The Hall–Kier alpha value is -2.88. The highest BCUT2D eigenvalue weighted by Crippen LogP contribution is 2.37. The molecule has 3 aromatic rings. The Balaban J connectivity index is 1.66. The maximum absolute atomic E-state index is 4.50. The Morgan fingerprint density at radius 3 is 2.79 bits per heavy atom. The number of hydrogen-bond donors (Lipinski definition) is 1. The SMILES string of the molecule is Cc1cccc(Nc2cc(N3c4ccccc4CC3C)ncn2)c1. The lowest BCUT2D eigenvalue weighted by molar-refractivity contribution is 0.749. The zero-order valence-electron chi connectivity index (χ0n) is 13.9. The molecule has 4 nitrogen and oxygen atoms in total. The second kappa shape index (κ2) is 5.96. The molecule has 2 heterocycles. The molecule has 4 rings (SSSR count). The fourth-order valence-corrected chi connectivity index (χ4v) is 3.33. The zero-order chi connectivity index (χ0) is 16.5. The van der Waals surface area contributed by atoms with Gasteiger partial charge in [0.2, 0.25) is 0 Å². The van der Waals surface area contributed by atoms with Crippen LogP contribution in [0.25, 0.3) is 0 Å². The topological polar surface area (TPSA) is 41.0 Å². The average Bonchev–Trinajstić information content (AvgIpc) is 2.91. The molecule has 0 bridgehead atoms. The number of aryl methyl sites for hydroxylation is 1. The molecule has 2 aromatic carbocycles. The van der Waals surface area contributed by atoms with Crippen molar-refractivity contribution in [1.82, 2.24) is 9.97 Å². The third kappa shape index (κ3) is 2.71. The van der Waals surface area contributed by atoms with Crippen LogP contribution in [0.1, 0.15) is 18.1 Å². The molecule has 1 N–H and O–H groups in total. The summed E-state index contributed by atoms with van der Waals surface area (Å²) in [5.41, 5.74) is 4.87. The van der Waals surface area contributed by atoms with Crippen molar-refractivity contribution in [2.75, 3.05) is 10.2 Å². The van der Waals surface area contributed by atoms with E-state index in [1.54, 1.807) is 6.33 Å². The summed E-state index contributed by atoms with van der Waals surface area (Å²) in [6.45, 7) is 4.31. The molecule has 0 radical (unpaired) electrons. The van der Waals surface area contributed by atoms with Gasteiger partial charge in [-0.1, -0.05) is 30.3 Å². The molecule has 1 atom stereocenters. The Kier molecular flexibility index (Phi) is 3.65. The van der Waals surface area contributed by atoms with Crippen LogP contribution in [-0.2, 0) is 6.42 Å². The Labute approximate surface area is 142 Å². The van der Waals surface area contributed by atoms with Crippen LogP contribution in [0.15, 0.2) is 60.9 Å². The molecule has 1 aromatic heterocycles. The summed E-state index contributed by atoms with van der Waals surface area (Å²) in [5.74, 6) is 1.74. The summed E-state index contributed by atoms with van der Waals surface area (Å²) in [5, 5.41) is 3.37. The minimum atomic E-state index is 0.393. The summed E-state index contributed by atoms with van der Waals surface area (Å²) in [4.78, 5) is 11.2. The first-order valence-electron chi connectivity index (χ1n) is 8.23. The summed E-state index contributed by atoms with van der Waals surface area (Å²) >= 11 is 0. The van der Waals surface area contributed by atoms with Gasteiger partial charge in [0, 0.05) is 23.5 Å². The molecule has 0 spiro atoms.